The van der Waals surface area contributed by atoms with Gasteiger partial charge in [0.15, 0.2) is 5.96 Å². The Kier molecular flexibility index (Phi) is 4.81. The van der Waals surface area contributed by atoms with Crippen molar-refractivity contribution in [1.82, 2.24) is 10.2 Å². The minimum Gasteiger partial charge on any atom is -0.377 e. The molecular weight excluding hydrogens is 305 g/mol. The van der Waals surface area contributed by atoms with Crippen LogP contribution in [0.25, 0.3) is 0 Å². The van der Waals surface area contributed by atoms with Crippen molar-refractivity contribution in [2.24, 2.45) is 16.3 Å². The van der Waals surface area contributed by atoms with Gasteiger partial charge in [-0.15, -0.1) is 0 Å². The fraction of sp³-hybridized carbons (Fsp3) is 0.632. The van der Waals surface area contributed by atoms with Crippen molar-refractivity contribution in [3.63, 3.8) is 0 Å². The molecule has 24 heavy (non-hydrogen) atoms. The van der Waals surface area contributed by atoms with Crippen LogP contribution in [-0.4, -0.2) is 43.7 Å². The first kappa shape index (κ1) is 17.2. The van der Waals surface area contributed by atoms with Crippen LogP contribution in [0, 0.1) is 17.2 Å². The molecule has 3 rings (SSSR count). The molecule has 2 aliphatic rings. The lowest BCUT2D eigenvalue weighted by Gasteiger charge is -2.60. The number of halogens is 1. The summed E-state index contributed by atoms with van der Waals surface area (Å²) in [5, 5.41) is 3.63. The molecule has 132 valence electrons. The molecule has 1 aliphatic heterocycles. The zero-order valence-electron chi connectivity index (χ0n) is 15.1. The van der Waals surface area contributed by atoms with Crippen LogP contribution in [0.1, 0.15) is 32.3 Å². The van der Waals surface area contributed by atoms with Gasteiger partial charge in [0.05, 0.1) is 6.10 Å². The van der Waals surface area contributed by atoms with Gasteiger partial charge in [-0.2, -0.15) is 0 Å². The molecule has 0 aromatic heterocycles. The van der Waals surface area contributed by atoms with E-state index in [1.807, 2.05) is 18.0 Å². The van der Waals surface area contributed by atoms with Crippen molar-refractivity contribution in [2.75, 3.05) is 20.7 Å². The summed E-state index contributed by atoms with van der Waals surface area (Å²) in [5.41, 5.74) is 1.04. The van der Waals surface area contributed by atoms with Gasteiger partial charge in [-0.1, -0.05) is 26.0 Å². The van der Waals surface area contributed by atoms with Crippen molar-refractivity contribution in [1.29, 1.82) is 0 Å². The van der Waals surface area contributed by atoms with E-state index < -0.39 is 0 Å². The van der Waals surface area contributed by atoms with Crippen LogP contribution in [-0.2, 0) is 11.3 Å². The van der Waals surface area contributed by atoms with Gasteiger partial charge in [0.25, 0.3) is 0 Å². The smallest absolute Gasteiger partial charge is 0.193 e. The Morgan fingerprint density at radius 2 is 2.25 bits per heavy atom. The van der Waals surface area contributed by atoms with Gasteiger partial charge in [0.2, 0.25) is 0 Å². The number of ether oxygens (including phenoxy) is 1. The highest BCUT2D eigenvalue weighted by molar-refractivity contribution is 5.80. The molecule has 1 aromatic carbocycles. The highest BCUT2D eigenvalue weighted by Crippen LogP contribution is 2.51. The number of hydrogen-bond acceptors (Lipinski definition) is 2. The summed E-state index contributed by atoms with van der Waals surface area (Å²) < 4.78 is 19.4. The standard InChI is InChI=1S/C19H28FN3O/c1-19(2)16(15-9-6-10-24-17(15)19)22-18(21-3)23(4)12-13-7-5-8-14(20)11-13/h5,7-8,11,15-17H,6,9-10,12H2,1-4H3,(H,21,22). The fourth-order valence-electron chi connectivity index (χ4n) is 4.28. The number of hydrogen-bond donors (Lipinski definition) is 1. The van der Waals surface area contributed by atoms with Crippen LogP contribution in [0.4, 0.5) is 4.39 Å². The molecule has 0 bridgehead atoms. The summed E-state index contributed by atoms with van der Waals surface area (Å²) in [6.45, 7) is 6.02. The van der Waals surface area contributed by atoms with E-state index in [0.29, 0.717) is 24.6 Å². The Morgan fingerprint density at radius 3 is 2.96 bits per heavy atom. The molecule has 3 unspecified atom stereocenters. The van der Waals surface area contributed by atoms with Gasteiger partial charge in [-0.05, 0) is 30.5 Å². The van der Waals surface area contributed by atoms with E-state index >= 15 is 0 Å². The molecule has 1 saturated heterocycles. The van der Waals surface area contributed by atoms with E-state index in [1.165, 1.54) is 12.5 Å². The van der Waals surface area contributed by atoms with E-state index in [4.69, 9.17) is 4.74 Å². The number of rotatable bonds is 3. The molecule has 0 spiro atoms. The summed E-state index contributed by atoms with van der Waals surface area (Å²) in [5.74, 6) is 1.19. The molecule has 1 saturated carbocycles. The number of nitrogens with one attached hydrogen (secondary N) is 1. The fourth-order valence-corrected chi connectivity index (χ4v) is 4.28. The van der Waals surface area contributed by atoms with Crippen molar-refractivity contribution >= 4 is 5.96 Å². The quantitative estimate of drug-likeness (QED) is 0.682. The van der Waals surface area contributed by atoms with Crippen molar-refractivity contribution < 1.29 is 9.13 Å². The maximum absolute atomic E-state index is 13.4. The Morgan fingerprint density at radius 1 is 1.46 bits per heavy atom. The normalized spacial score (nSPS) is 28.7. The first-order valence-corrected chi connectivity index (χ1v) is 8.74. The third-order valence-electron chi connectivity index (χ3n) is 5.50. The molecule has 1 aromatic rings. The Bertz CT molecular complexity index is 616. The molecule has 1 aliphatic carbocycles. The number of benzene rings is 1. The minimum atomic E-state index is -0.203. The van der Waals surface area contributed by atoms with Gasteiger partial charge in [-0.25, -0.2) is 4.39 Å². The first-order chi connectivity index (χ1) is 11.4. The molecule has 5 heteroatoms. The van der Waals surface area contributed by atoms with E-state index in [9.17, 15) is 4.39 Å². The highest BCUT2D eigenvalue weighted by atomic mass is 19.1. The molecule has 0 radical (unpaired) electrons. The summed E-state index contributed by atoms with van der Waals surface area (Å²) >= 11 is 0. The van der Waals surface area contributed by atoms with Crippen LogP contribution in [0.2, 0.25) is 0 Å². The van der Waals surface area contributed by atoms with E-state index in [2.05, 4.69) is 24.2 Å². The lowest BCUT2D eigenvalue weighted by Crippen LogP contribution is -2.71. The second kappa shape index (κ2) is 6.71. The zero-order chi connectivity index (χ0) is 17.3. The third kappa shape index (κ3) is 3.14. The van der Waals surface area contributed by atoms with Gasteiger partial charge < -0.3 is 15.0 Å². The maximum Gasteiger partial charge on any atom is 0.193 e. The van der Waals surface area contributed by atoms with Crippen LogP contribution in [0.15, 0.2) is 29.3 Å². The lowest BCUT2D eigenvalue weighted by molar-refractivity contribution is -0.188. The largest absolute Gasteiger partial charge is 0.377 e. The zero-order valence-corrected chi connectivity index (χ0v) is 15.1. The number of aliphatic imine (C=N–C) groups is 1. The predicted octanol–water partition coefficient (Wildman–Crippen LogP) is 3.04. The van der Waals surface area contributed by atoms with Gasteiger partial charge in [0.1, 0.15) is 5.82 Å². The van der Waals surface area contributed by atoms with Crippen LogP contribution in [0.3, 0.4) is 0 Å². The average molecular weight is 333 g/mol. The van der Waals surface area contributed by atoms with Gasteiger partial charge >= 0.3 is 0 Å². The number of nitrogens with zero attached hydrogens (tertiary/aromatic N) is 2. The lowest BCUT2D eigenvalue weighted by atomic mass is 9.55. The third-order valence-corrected chi connectivity index (χ3v) is 5.50. The summed E-state index contributed by atoms with van der Waals surface area (Å²) in [4.78, 5) is 6.47. The van der Waals surface area contributed by atoms with Crippen molar-refractivity contribution in [2.45, 2.75) is 45.4 Å². The Labute approximate surface area is 144 Å². The Balaban J connectivity index is 1.66. The van der Waals surface area contributed by atoms with E-state index in [0.717, 1.165) is 24.6 Å². The number of guanidine groups is 1. The monoisotopic (exact) mass is 333 g/mol. The summed E-state index contributed by atoms with van der Waals surface area (Å²) in [7, 11) is 3.78. The average Bonchev–Trinajstić information content (AvgIpc) is 2.55. The van der Waals surface area contributed by atoms with Crippen LogP contribution >= 0.6 is 0 Å². The van der Waals surface area contributed by atoms with Crippen LogP contribution in [0.5, 0.6) is 0 Å². The van der Waals surface area contributed by atoms with Crippen molar-refractivity contribution in [3.8, 4) is 0 Å². The first-order valence-electron chi connectivity index (χ1n) is 8.74. The van der Waals surface area contributed by atoms with Gasteiger partial charge in [-0.3, -0.25) is 4.99 Å². The summed E-state index contributed by atoms with van der Waals surface area (Å²) in [6.07, 6.45) is 2.68. The maximum atomic E-state index is 13.4. The predicted molar refractivity (Wildman–Crippen MR) is 94.4 cm³/mol. The van der Waals surface area contributed by atoms with Crippen LogP contribution < -0.4 is 5.32 Å². The second-order valence-corrected chi connectivity index (χ2v) is 7.57. The minimum absolute atomic E-state index is 0.0979. The highest BCUT2D eigenvalue weighted by Gasteiger charge is 2.58. The molecule has 2 fully saturated rings. The van der Waals surface area contributed by atoms with Crippen molar-refractivity contribution in [3.05, 3.63) is 35.6 Å². The Hall–Kier alpha value is -1.62. The molecular formula is C19H28FN3O. The molecule has 4 nitrogen and oxygen atoms in total. The SMILES string of the molecule is CN=C(NC1C2CCCOC2C1(C)C)N(C)Cc1cccc(F)c1. The molecule has 3 atom stereocenters. The topological polar surface area (TPSA) is 36.9 Å². The number of fused-ring (bicyclic) bond motifs is 1. The van der Waals surface area contributed by atoms with E-state index in [1.54, 1.807) is 19.2 Å². The molecule has 0 amide bonds. The van der Waals surface area contributed by atoms with Gasteiger partial charge in [0, 0.05) is 44.6 Å². The summed E-state index contributed by atoms with van der Waals surface area (Å²) in [6, 6.07) is 7.08. The molecule has 1 N–H and O–H groups in total. The van der Waals surface area contributed by atoms with E-state index in [-0.39, 0.29) is 11.2 Å². The second-order valence-electron chi connectivity index (χ2n) is 7.57. The molecule has 1 heterocycles.